The molecule has 3 heteroatoms. The van der Waals surface area contributed by atoms with Crippen molar-refractivity contribution in [2.75, 3.05) is 0 Å². The van der Waals surface area contributed by atoms with Gasteiger partial charge in [-0.05, 0) is 25.7 Å². The molecule has 0 aromatic heterocycles. The van der Waals surface area contributed by atoms with Crippen LogP contribution >= 0.6 is 0 Å². The molecule has 0 saturated carbocycles. The van der Waals surface area contributed by atoms with E-state index in [1.165, 1.54) is 0 Å². The van der Waals surface area contributed by atoms with Crippen LogP contribution < -0.4 is 0 Å². The first-order valence-electron chi connectivity index (χ1n) is 8.91. The van der Waals surface area contributed by atoms with Gasteiger partial charge < -0.3 is 0 Å². The van der Waals surface area contributed by atoms with Gasteiger partial charge in [-0.15, -0.1) is 0 Å². The maximum Gasteiger partial charge on any atom is 0.135 e. The van der Waals surface area contributed by atoms with Gasteiger partial charge in [-0.2, -0.15) is 0 Å². The molecule has 0 radical (unpaired) electrons. The summed E-state index contributed by atoms with van der Waals surface area (Å²) in [5, 5.41) is 0. The zero-order chi connectivity index (χ0) is 17.0. The minimum absolute atomic E-state index is 0.110. The van der Waals surface area contributed by atoms with Crippen molar-refractivity contribution in [2.45, 2.75) is 91.9 Å². The number of rotatable bonds is 14. The van der Waals surface area contributed by atoms with Crippen LogP contribution in [0.1, 0.15) is 91.9 Å². The first kappa shape index (κ1) is 21.0. The second-order valence-electron chi connectivity index (χ2n) is 6.90. The van der Waals surface area contributed by atoms with Crippen LogP contribution in [-0.2, 0) is 14.4 Å². The van der Waals surface area contributed by atoms with Crippen molar-refractivity contribution in [3.05, 3.63) is 0 Å². The Hall–Kier alpha value is -0.990. The quantitative estimate of drug-likeness (QED) is 0.428. The summed E-state index contributed by atoms with van der Waals surface area (Å²) in [4.78, 5) is 34.6. The lowest BCUT2D eigenvalue weighted by Gasteiger charge is -2.05. The van der Waals surface area contributed by atoms with E-state index in [1.54, 1.807) is 0 Å². The van der Waals surface area contributed by atoms with Gasteiger partial charge in [0, 0.05) is 37.5 Å². The third-order valence-electron chi connectivity index (χ3n) is 4.05. The monoisotopic (exact) mass is 310 g/mol. The number of Topliss-reactive ketones (excluding diaryl/α,β-unsaturated/α-hetero) is 3. The van der Waals surface area contributed by atoms with Crippen LogP contribution in [-0.4, -0.2) is 17.3 Å². The normalized spacial score (nSPS) is 11.2. The van der Waals surface area contributed by atoms with E-state index >= 15 is 0 Å². The van der Waals surface area contributed by atoms with Crippen LogP contribution in [0.2, 0.25) is 0 Å². The molecule has 0 aliphatic carbocycles. The van der Waals surface area contributed by atoms with Crippen molar-refractivity contribution in [3.8, 4) is 0 Å². The average molecular weight is 310 g/mol. The summed E-state index contributed by atoms with van der Waals surface area (Å²) >= 11 is 0. The van der Waals surface area contributed by atoms with E-state index in [0.717, 1.165) is 38.5 Å². The van der Waals surface area contributed by atoms with Gasteiger partial charge in [0.15, 0.2) is 0 Å². The molecule has 0 amide bonds. The molecule has 0 N–H and O–H groups in total. The molecular formula is C19H34O3. The summed E-state index contributed by atoms with van der Waals surface area (Å²) in [6, 6.07) is 0. The van der Waals surface area contributed by atoms with Crippen molar-refractivity contribution in [2.24, 2.45) is 11.8 Å². The van der Waals surface area contributed by atoms with Crippen LogP contribution in [0.3, 0.4) is 0 Å². The SMILES string of the molecule is CC(C)C(=O)CCCCCCC(=O)CCCCC(=O)C(C)C. The molecule has 0 unspecified atom stereocenters. The molecular weight excluding hydrogens is 276 g/mol. The molecule has 0 aliphatic rings. The van der Waals surface area contributed by atoms with Crippen molar-refractivity contribution < 1.29 is 14.4 Å². The highest BCUT2D eigenvalue weighted by atomic mass is 16.1. The number of carbonyl (C=O) groups excluding carboxylic acids is 3. The minimum Gasteiger partial charge on any atom is -0.300 e. The molecule has 3 nitrogen and oxygen atoms in total. The molecule has 0 aromatic rings. The molecule has 0 spiro atoms. The van der Waals surface area contributed by atoms with E-state index in [-0.39, 0.29) is 11.8 Å². The first-order valence-corrected chi connectivity index (χ1v) is 8.91. The van der Waals surface area contributed by atoms with Crippen molar-refractivity contribution in [1.29, 1.82) is 0 Å². The van der Waals surface area contributed by atoms with Gasteiger partial charge >= 0.3 is 0 Å². The van der Waals surface area contributed by atoms with Crippen LogP contribution in [0.5, 0.6) is 0 Å². The van der Waals surface area contributed by atoms with E-state index in [0.29, 0.717) is 43.0 Å². The predicted octanol–water partition coefficient (Wildman–Crippen LogP) is 4.91. The highest BCUT2D eigenvalue weighted by Crippen LogP contribution is 2.11. The first-order chi connectivity index (χ1) is 10.3. The molecule has 0 heterocycles. The fraction of sp³-hybridized carbons (Fsp3) is 0.842. The Labute approximate surface area is 136 Å². The standard InChI is InChI=1S/C19H34O3/c1-15(2)18(21)13-8-6-5-7-11-17(20)12-9-10-14-19(22)16(3)4/h15-16H,5-14H2,1-4H3. The Morgan fingerprint density at radius 2 is 0.864 bits per heavy atom. The van der Waals surface area contributed by atoms with Gasteiger partial charge in [0.1, 0.15) is 17.3 Å². The van der Waals surface area contributed by atoms with E-state index in [4.69, 9.17) is 0 Å². The van der Waals surface area contributed by atoms with Gasteiger partial charge in [0.05, 0.1) is 0 Å². The van der Waals surface area contributed by atoms with E-state index < -0.39 is 0 Å². The lowest BCUT2D eigenvalue weighted by Crippen LogP contribution is -2.07. The Balaban J connectivity index is 3.43. The van der Waals surface area contributed by atoms with Crippen LogP contribution in [0.15, 0.2) is 0 Å². The second kappa shape index (κ2) is 12.5. The average Bonchev–Trinajstić information content (AvgIpc) is 2.46. The summed E-state index contributed by atoms with van der Waals surface area (Å²) in [5.41, 5.74) is 0. The molecule has 0 atom stereocenters. The number of unbranched alkanes of at least 4 members (excludes halogenated alkanes) is 4. The van der Waals surface area contributed by atoms with E-state index in [1.807, 2.05) is 27.7 Å². The summed E-state index contributed by atoms with van der Waals surface area (Å²) < 4.78 is 0. The van der Waals surface area contributed by atoms with Gasteiger partial charge in [-0.25, -0.2) is 0 Å². The minimum atomic E-state index is 0.110. The molecule has 0 aliphatic heterocycles. The summed E-state index contributed by atoms with van der Waals surface area (Å²) in [7, 11) is 0. The van der Waals surface area contributed by atoms with Crippen molar-refractivity contribution in [1.82, 2.24) is 0 Å². The number of hydrogen-bond donors (Lipinski definition) is 0. The van der Waals surface area contributed by atoms with Crippen LogP contribution in [0, 0.1) is 11.8 Å². The maximum absolute atomic E-state index is 11.7. The molecule has 128 valence electrons. The lowest BCUT2D eigenvalue weighted by atomic mass is 10.00. The number of ketones is 3. The zero-order valence-corrected chi connectivity index (χ0v) is 15.0. The number of hydrogen-bond acceptors (Lipinski definition) is 3. The van der Waals surface area contributed by atoms with Gasteiger partial charge in [-0.3, -0.25) is 14.4 Å². The van der Waals surface area contributed by atoms with Crippen LogP contribution in [0.4, 0.5) is 0 Å². The van der Waals surface area contributed by atoms with Crippen molar-refractivity contribution in [3.63, 3.8) is 0 Å². The topological polar surface area (TPSA) is 51.2 Å². The molecule has 0 fully saturated rings. The smallest absolute Gasteiger partial charge is 0.135 e. The third-order valence-corrected chi connectivity index (χ3v) is 4.05. The number of carbonyl (C=O) groups is 3. The second-order valence-corrected chi connectivity index (χ2v) is 6.90. The Bertz CT molecular complexity index is 343. The van der Waals surface area contributed by atoms with Gasteiger partial charge in [-0.1, -0.05) is 40.5 Å². The van der Waals surface area contributed by atoms with Gasteiger partial charge in [0.25, 0.3) is 0 Å². The highest BCUT2D eigenvalue weighted by molar-refractivity contribution is 5.81. The lowest BCUT2D eigenvalue weighted by molar-refractivity contribution is -0.122. The fourth-order valence-electron chi connectivity index (χ4n) is 2.30. The summed E-state index contributed by atoms with van der Waals surface area (Å²) in [5.74, 6) is 1.20. The fourth-order valence-corrected chi connectivity index (χ4v) is 2.30. The third kappa shape index (κ3) is 11.6. The van der Waals surface area contributed by atoms with E-state index in [9.17, 15) is 14.4 Å². The molecule has 0 aromatic carbocycles. The molecule has 0 rings (SSSR count). The van der Waals surface area contributed by atoms with E-state index in [2.05, 4.69) is 0 Å². The Kier molecular flexibility index (Phi) is 12.0. The molecule has 22 heavy (non-hydrogen) atoms. The summed E-state index contributed by atoms with van der Waals surface area (Å²) in [6.07, 6.45) is 8.15. The Morgan fingerprint density at radius 3 is 1.27 bits per heavy atom. The zero-order valence-electron chi connectivity index (χ0n) is 15.0. The highest BCUT2D eigenvalue weighted by Gasteiger charge is 2.08. The van der Waals surface area contributed by atoms with Gasteiger partial charge in [0.2, 0.25) is 0 Å². The van der Waals surface area contributed by atoms with Crippen LogP contribution in [0.25, 0.3) is 0 Å². The summed E-state index contributed by atoms with van der Waals surface area (Å²) in [6.45, 7) is 7.72. The molecule has 0 saturated heterocycles. The van der Waals surface area contributed by atoms with Crippen molar-refractivity contribution >= 4 is 17.3 Å². The predicted molar refractivity (Wildman–Crippen MR) is 90.9 cm³/mol. The Morgan fingerprint density at radius 1 is 0.545 bits per heavy atom. The largest absolute Gasteiger partial charge is 0.300 e. The molecule has 0 bridgehead atoms. The maximum atomic E-state index is 11.7.